The predicted octanol–water partition coefficient (Wildman–Crippen LogP) is 1.07. The van der Waals surface area contributed by atoms with Crippen LogP contribution < -0.4 is 10.6 Å². The summed E-state index contributed by atoms with van der Waals surface area (Å²) in [6.45, 7) is 0.816. The Hall–Kier alpha value is -2.03. The molecule has 25 heavy (non-hydrogen) atoms. The normalized spacial score (nSPS) is 18.0. The number of rotatable bonds is 8. The Morgan fingerprint density at radius 3 is 2.96 bits per heavy atom. The molecule has 2 atom stereocenters. The molecule has 2 unspecified atom stereocenters. The zero-order valence-corrected chi connectivity index (χ0v) is 14.1. The molecule has 0 saturated carbocycles. The lowest BCUT2D eigenvalue weighted by Gasteiger charge is -2.18. The van der Waals surface area contributed by atoms with Crippen molar-refractivity contribution in [2.75, 3.05) is 32.2 Å². The van der Waals surface area contributed by atoms with Crippen LogP contribution in [0.4, 0.5) is 10.1 Å². The molecular formula is C17H23FN2O5. The minimum Gasteiger partial charge on any atom is -0.389 e. The van der Waals surface area contributed by atoms with Gasteiger partial charge >= 0.3 is 0 Å². The van der Waals surface area contributed by atoms with Crippen LogP contribution >= 0.6 is 0 Å². The molecule has 1 aromatic rings. The van der Waals surface area contributed by atoms with Gasteiger partial charge in [-0.25, -0.2) is 4.39 Å². The topological polar surface area (TPSA) is 96.9 Å². The van der Waals surface area contributed by atoms with Crippen LogP contribution in [0.1, 0.15) is 29.6 Å². The average Bonchev–Trinajstić information content (AvgIpc) is 3.13. The highest BCUT2D eigenvalue weighted by atomic mass is 19.1. The third-order valence-corrected chi connectivity index (χ3v) is 3.90. The number of aliphatic hydroxyl groups is 1. The summed E-state index contributed by atoms with van der Waals surface area (Å²) in [5.74, 6) is -1.53. The smallest absolute Gasteiger partial charge is 0.253 e. The average molecular weight is 354 g/mol. The van der Waals surface area contributed by atoms with Gasteiger partial charge in [-0.05, 0) is 31.0 Å². The number of hydrogen-bond acceptors (Lipinski definition) is 5. The van der Waals surface area contributed by atoms with E-state index in [1.165, 1.54) is 13.2 Å². The monoisotopic (exact) mass is 354 g/mol. The Balaban J connectivity index is 1.99. The quantitative estimate of drug-likeness (QED) is 0.649. The Morgan fingerprint density at radius 1 is 1.48 bits per heavy atom. The maximum absolute atomic E-state index is 13.5. The molecule has 0 spiro atoms. The number of benzene rings is 1. The third kappa shape index (κ3) is 5.77. The molecule has 0 aromatic heterocycles. The summed E-state index contributed by atoms with van der Waals surface area (Å²) >= 11 is 0. The number of ether oxygens (including phenoxy) is 2. The number of carbonyl (C=O) groups excluding carboxylic acids is 2. The first-order valence-corrected chi connectivity index (χ1v) is 8.17. The number of carbonyl (C=O) groups is 2. The van der Waals surface area contributed by atoms with Crippen LogP contribution in [0, 0.1) is 5.82 Å². The Morgan fingerprint density at radius 2 is 2.28 bits per heavy atom. The van der Waals surface area contributed by atoms with Crippen molar-refractivity contribution in [3.05, 3.63) is 29.6 Å². The minimum absolute atomic E-state index is 0.00897. The fourth-order valence-electron chi connectivity index (χ4n) is 2.55. The third-order valence-electron chi connectivity index (χ3n) is 3.90. The second-order valence-electron chi connectivity index (χ2n) is 5.81. The van der Waals surface area contributed by atoms with Gasteiger partial charge in [-0.3, -0.25) is 9.59 Å². The number of amides is 2. The van der Waals surface area contributed by atoms with Gasteiger partial charge in [-0.2, -0.15) is 0 Å². The van der Waals surface area contributed by atoms with Crippen molar-refractivity contribution >= 4 is 17.5 Å². The molecule has 0 aliphatic carbocycles. The summed E-state index contributed by atoms with van der Waals surface area (Å²) in [5, 5.41) is 15.1. The highest BCUT2D eigenvalue weighted by Crippen LogP contribution is 2.18. The highest BCUT2D eigenvalue weighted by molar-refractivity contribution is 6.03. The fourth-order valence-corrected chi connectivity index (χ4v) is 2.55. The van der Waals surface area contributed by atoms with Crippen molar-refractivity contribution in [3.63, 3.8) is 0 Å². The molecule has 1 heterocycles. The van der Waals surface area contributed by atoms with Gasteiger partial charge in [-0.1, -0.05) is 0 Å². The lowest BCUT2D eigenvalue weighted by molar-refractivity contribution is -0.117. The van der Waals surface area contributed by atoms with Crippen molar-refractivity contribution < 1.29 is 28.6 Å². The Bertz CT molecular complexity index is 605. The van der Waals surface area contributed by atoms with E-state index in [2.05, 4.69) is 10.6 Å². The van der Waals surface area contributed by atoms with E-state index in [1.807, 2.05) is 0 Å². The highest BCUT2D eigenvalue weighted by Gasteiger charge is 2.25. The van der Waals surface area contributed by atoms with Gasteiger partial charge in [-0.15, -0.1) is 0 Å². The molecule has 2 rings (SSSR count). The second-order valence-corrected chi connectivity index (χ2v) is 5.81. The number of aliphatic hydroxyl groups excluding tert-OH is 1. The fraction of sp³-hybridized carbons (Fsp3) is 0.529. The van der Waals surface area contributed by atoms with Crippen LogP contribution in [0.2, 0.25) is 0 Å². The van der Waals surface area contributed by atoms with Crippen molar-refractivity contribution in [2.45, 2.75) is 31.5 Å². The van der Waals surface area contributed by atoms with Crippen molar-refractivity contribution in [1.29, 1.82) is 0 Å². The molecule has 8 heteroatoms. The van der Waals surface area contributed by atoms with Crippen molar-refractivity contribution in [2.24, 2.45) is 0 Å². The first-order chi connectivity index (χ1) is 12.0. The van der Waals surface area contributed by atoms with Crippen LogP contribution in [0.15, 0.2) is 18.2 Å². The predicted molar refractivity (Wildman–Crippen MR) is 88.8 cm³/mol. The van der Waals surface area contributed by atoms with Gasteiger partial charge in [0.25, 0.3) is 5.91 Å². The van der Waals surface area contributed by atoms with Crippen LogP contribution in [-0.2, 0) is 14.3 Å². The van der Waals surface area contributed by atoms with E-state index in [4.69, 9.17) is 9.47 Å². The maximum atomic E-state index is 13.5. The maximum Gasteiger partial charge on any atom is 0.253 e. The van der Waals surface area contributed by atoms with E-state index in [9.17, 15) is 19.1 Å². The molecule has 0 bridgehead atoms. The van der Waals surface area contributed by atoms with Crippen molar-refractivity contribution in [3.8, 4) is 0 Å². The first kappa shape index (κ1) is 19.3. The molecule has 2 amide bonds. The largest absolute Gasteiger partial charge is 0.389 e. The lowest BCUT2D eigenvalue weighted by Crippen LogP contribution is -2.39. The van der Waals surface area contributed by atoms with E-state index >= 15 is 0 Å². The van der Waals surface area contributed by atoms with Crippen molar-refractivity contribution in [1.82, 2.24) is 5.32 Å². The van der Waals surface area contributed by atoms with E-state index in [1.54, 1.807) is 0 Å². The summed E-state index contributed by atoms with van der Waals surface area (Å²) < 4.78 is 23.7. The molecule has 7 nitrogen and oxygen atoms in total. The molecule has 1 aromatic carbocycles. The minimum atomic E-state index is -0.834. The molecule has 1 saturated heterocycles. The van der Waals surface area contributed by atoms with Gasteiger partial charge in [0.1, 0.15) is 5.82 Å². The van der Waals surface area contributed by atoms with Gasteiger partial charge in [0, 0.05) is 20.3 Å². The summed E-state index contributed by atoms with van der Waals surface area (Å²) in [5.41, 5.74) is 0.192. The first-order valence-electron chi connectivity index (χ1n) is 8.17. The van der Waals surface area contributed by atoms with Gasteiger partial charge in [0.05, 0.1) is 36.5 Å². The standard InChI is InChI=1S/C17H23FN2O5/c1-24-8-6-16(22)20-13-5-4-11(18)9-12(13)17(23)19-10-14(21)15-3-2-7-25-15/h4-5,9,14-15,21H,2-3,6-8,10H2,1H3,(H,19,23)(H,20,22). The van der Waals surface area contributed by atoms with Crippen LogP contribution in [0.3, 0.4) is 0 Å². The second kappa shape index (κ2) is 9.45. The van der Waals surface area contributed by atoms with Crippen LogP contribution in [-0.4, -0.2) is 56.0 Å². The number of anilines is 1. The Kier molecular flexibility index (Phi) is 7.30. The van der Waals surface area contributed by atoms with Gasteiger partial charge in [0.2, 0.25) is 5.91 Å². The molecule has 0 radical (unpaired) electrons. The molecule has 1 aliphatic heterocycles. The molecule has 3 N–H and O–H groups in total. The van der Waals surface area contributed by atoms with E-state index in [-0.39, 0.29) is 42.8 Å². The number of hydrogen-bond donors (Lipinski definition) is 3. The summed E-state index contributed by atoms with van der Waals surface area (Å²) in [6.07, 6.45) is 0.586. The van der Waals surface area contributed by atoms with E-state index in [0.717, 1.165) is 25.0 Å². The van der Waals surface area contributed by atoms with Crippen LogP contribution in [0.5, 0.6) is 0 Å². The molecule has 1 aliphatic rings. The summed E-state index contributed by atoms with van der Waals surface area (Å²) in [6, 6.07) is 3.52. The van der Waals surface area contributed by atoms with E-state index < -0.39 is 17.8 Å². The SMILES string of the molecule is COCCC(=O)Nc1ccc(F)cc1C(=O)NCC(O)C1CCCO1. The summed E-state index contributed by atoms with van der Waals surface area (Å²) in [7, 11) is 1.48. The zero-order valence-electron chi connectivity index (χ0n) is 14.1. The van der Waals surface area contributed by atoms with Gasteiger partial charge < -0.3 is 25.2 Å². The number of halogens is 1. The lowest BCUT2D eigenvalue weighted by atomic mass is 10.1. The molecule has 138 valence electrons. The zero-order chi connectivity index (χ0) is 18.2. The number of methoxy groups -OCH3 is 1. The number of nitrogens with one attached hydrogen (secondary N) is 2. The Labute approximate surface area is 145 Å². The molecule has 1 fully saturated rings. The van der Waals surface area contributed by atoms with Gasteiger partial charge in [0.15, 0.2) is 0 Å². The summed E-state index contributed by atoms with van der Waals surface area (Å²) in [4.78, 5) is 24.1. The van der Waals surface area contributed by atoms with Crippen LogP contribution in [0.25, 0.3) is 0 Å². The van der Waals surface area contributed by atoms with E-state index in [0.29, 0.717) is 6.61 Å². The molecular weight excluding hydrogens is 331 g/mol.